The summed E-state index contributed by atoms with van der Waals surface area (Å²) >= 11 is 2.98. The number of piperidine rings is 6. The zero-order valence-corrected chi connectivity index (χ0v) is 25.4. The number of carbonyl (C=O) groups excluding carboxylic acids is 2. The molecule has 4 bridgehead atoms. The van der Waals surface area contributed by atoms with Crippen LogP contribution < -0.4 is 10.6 Å². The van der Waals surface area contributed by atoms with Crippen molar-refractivity contribution in [3.8, 4) is 0 Å². The van der Waals surface area contributed by atoms with Crippen LogP contribution >= 0.6 is 23.1 Å². The molecule has 0 saturated carbocycles. The second-order valence-electron chi connectivity index (χ2n) is 11.8. The topological polar surface area (TPSA) is 104 Å². The summed E-state index contributed by atoms with van der Waals surface area (Å²) in [5, 5.41) is 9.17. The standard InChI is InChI=1S/C16H19N3O2S.C15H17N3OS/c1-22-16-14-11(4-7-21-14)8-12(18-16)15(20)17-13-9-19-5-2-10(13)3-6-19;19-14(13-8-11-2-1-5-16-15(11)20-13)17-12-9-18-6-3-10(12)4-7-18/h4,7-8,10,13H,2-3,5-6,9H2,1H3,(H,17,20);1-2,5,8,10,12H,3-4,6-7,9H2,(H,17,19)/t13-;12-/m11/s1. The van der Waals surface area contributed by atoms with Gasteiger partial charge in [0.15, 0.2) is 5.58 Å². The third-order valence-electron chi connectivity index (χ3n) is 9.29. The average Bonchev–Trinajstić information content (AvgIpc) is 3.70. The molecule has 0 spiro atoms. The molecule has 10 heterocycles. The number of pyridine rings is 2. The highest BCUT2D eigenvalue weighted by atomic mass is 32.2. The minimum Gasteiger partial charge on any atom is -0.461 e. The Bertz CT molecular complexity index is 1550. The summed E-state index contributed by atoms with van der Waals surface area (Å²) in [6, 6.07) is 10.1. The zero-order chi connectivity index (χ0) is 28.6. The van der Waals surface area contributed by atoms with Crippen LogP contribution in [0.3, 0.4) is 0 Å². The molecule has 2 N–H and O–H groups in total. The summed E-state index contributed by atoms with van der Waals surface area (Å²) in [5.74, 6) is 1.27. The number of nitrogens with one attached hydrogen (secondary N) is 2. The normalized spacial score (nSPS) is 27.9. The van der Waals surface area contributed by atoms with E-state index in [4.69, 9.17) is 4.42 Å². The van der Waals surface area contributed by atoms with Gasteiger partial charge in [0.1, 0.15) is 15.6 Å². The minimum atomic E-state index is -0.0721. The van der Waals surface area contributed by atoms with Crippen molar-refractivity contribution < 1.29 is 14.0 Å². The van der Waals surface area contributed by atoms with Gasteiger partial charge < -0.3 is 24.9 Å². The van der Waals surface area contributed by atoms with E-state index >= 15 is 0 Å². The molecule has 9 nitrogen and oxygen atoms in total. The Labute approximate surface area is 253 Å². The van der Waals surface area contributed by atoms with E-state index in [0.717, 1.165) is 44.2 Å². The predicted octanol–water partition coefficient (Wildman–Crippen LogP) is 4.49. The van der Waals surface area contributed by atoms with Crippen LogP contribution in [0, 0.1) is 11.8 Å². The van der Waals surface area contributed by atoms with Crippen molar-refractivity contribution in [2.45, 2.75) is 42.8 Å². The summed E-state index contributed by atoms with van der Waals surface area (Å²) in [6.07, 6.45) is 10.2. The molecule has 6 saturated heterocycles. The molecular weight excluding hydrogens is 569 g/mol. The van der Waals surface area contributed by atoms with Crippen molar-refractivity contribution in [3.63, 3.8) is 0 Å². The van der Waals surface area contributed by atoms with E-state index in [1.54, 1.807) is 12.5 Å². The second kappa shape index (κ2) is 11.9. The fourth-order valence-corrected chi connectivity index (χ4v) is 8.37. The fourth-order valence-electron chi connectivity index (χ4n) is 6.93. The van der Waals surface area contributed by atoms with Crippen LogP contribution in [0.25, 0.3) is 21.2 Å². The number of thiophene rings is 1. The van der Waals surface area contributed by atoms with E-state index in [2.05, 4.69) is 30.4 Å². The Morgan fingerprint density at radius 3 is 2.19 bits per heavy atom. The first-order chi connectivity index (χ1) is 20.5. The smallest absolute Gasteiger partial charge is 0.270 e. The van der Waals surface area contributed by atoms with Gasteiger partial charge in [-0.05, 0) is 94.2 Å². The molecule has 220 valence electrons. The van der Waals surface area contributed by atoms with Gasteiger partial charge in [0.05, 0.1) is 11.1 Å². The van der Waals surface area contributed by atoms with Crippen LogP contribution in [0.5, 0.6) is 0 Å². The molecule has 4 aromatic rings. The second-order valence-corrected chi connectivity index (χ2v) is 13.6. The van der Waals surface area contributed by atoms with Gasteiger partial charge in [-0.2, -0.15) is 0 Å². The van der Waals surface area contributed by atoms with Crippen molar-refractivity contribution >= 4 is 56.1 Å². The van der Waals surface area contributed by atoms with Gasteiger partial charge in [-0.1, -0.05) is 6.07 Å². The van der Waals surface area contributed by atoms with Gasteiger partial charge >= 0.3 is 0 Å². The lowest BCUT2D eigenvalue weighted by molar-refractivity contribution is 0.0616. The van der Waals surface area contributed by atoms with Crippen molar-refractivity contribution in [2.24, 2.45) is 11.8 Å². The number of thioether (sulfide) groups is 1. The van der Waals surface area contributed by atoms with E-state index in [-0.39, 0.29) is 17.9 Å². The van der Waals surface area contributed by atoms with Gasteiger partial charge in [-0.25, -0.2) is 9.97 Å². The molecule has 0 unspecified atom stereocenters. The van der Waals surface area contributed by atoms with Gasteiger partial charge in [0, 0.05) is 42.1 Å². The van der Waals surface area contributed by atoms with Crippen LogP contribution in [-0.4, -0.2) is 89.2 Å². The highest BCUT2D eigenvalue weighted by molar-refractivity contribution is 7.98. The maximum absolute atomic E-state index is 12.6. The molecule has 6 aliphatic rings. The number of rotatable bonds is 5. The lowest BCUT2D eigenvalue weighted by Gasteiger charge is -2.44. The lowest BCUT2D eigenvalue weighted by atomic mass is 9.84. The zero-order valence-electron chi connectivity index (χ0n) is 23.8. The first-order valence-electron chi connectivity index (χ1n) is 14.9. The molecule has 2 atom stereocenters. The molecule has 11 heteroatoms. The third-order valence-corrected chi connectivity index (χ3v) is 11.0. The van der Waals surface area contributed by atoms with Gasteiger partial charge in [-0.3, -0.25) is 9.59 Å². The summed E-state index contributed by atoms with van der Waals surface area (Å²) in [7, 11) is 0. The Morgan fingerprint density at radius 1 is 0.929 bits per heavy atom. The number of nitrogens with zero attached hydrogens (tertiary/aromatic N) is 4. The summed E-state index contributed by atoms with van der Waals surface area (Å²) in [5.41, 5.74) is 1.24. The summed E-state index contributed by atoms with van der Waals surface area (Å²) < 4.78 is 5.44. The highest BCUT2D eigenvalue weighted by Gasteiger charge is 2.36. The van der Waals surface area contributed by atoms with Crippen LogP contribution in [0.2, 0.25) is 0 Å². The molecule has 6 fully saturated rings. The van der Waals surface area contributed by atoms with Crippen molar-refractivity contribution in [1.29, 1.82) is 0 Å². The maximum atomic E-state index is 12.6. The summed E-state index contributed by atoms with van der Waals surface area (Å²) in [4.78, 5) is 40.4. The van der Waals surface area contributed by atoms with E-state index in [9.17, 15) is 9.59 Å². The molecule has 0 radical (unpaired) electrons. The Hall–Kier alpha value is -2.99. The number of hydrogen-bond acceptors (Lipinski definition) is 9. The van der Waals surface area contributed by atoms with Gasteiger partial charge in [0.25, 0.3) is 11.8 Å². The average molecular weight is 605 g/mol. The fraction of sp³-hybridized carbons (Fsp3) is 0.484. The van der Waals surface area contributed by atoms with Crippen molar-refractivity contribution in [3.05, 3.63) is 53.4 Å². The first-order valence-corrected chi connectivity index (χ1v) is 16.9. The number of furan rings is 1. The molecule has 6 aliphatic heterocycles. The van der Waals surface area contributed by atoms with Crippen LogP contribution in [0.1, 0.15) is 45.8 Å². The number of carbonyl (C=O) groups is 2. The molecule has 10 rings (SSSR count). The minimum absolute atomic E-state index is 0.0618. The summed E-state index contributed by atoms with van der Waals surface area (Å²) in [6.45, 7) is 6.73. The highest BCUT2D eigenvalue weighted by Crippen LogP contribution is 2.30. The van der Waals surface area contributed by atoms with E-state index in [1.807, 2.05) is 36.6 Å². The van der Waals surface area contributed by atoms with Crippen molar-refractivity contribution in [1.82, 2.24) is 30.4 Å². The Kier molecular flexibility index (Phi) is 7.91. The Morgan fingerprint density at radius 2 is 1.60 bits per heavy atom. The number of fused-ring (bicyclic) bond motifs is 8. The monoisotopic (exact) mass is 604 g/mol. The lowest BCUT2D eigenvalue weighted by Crippen LogP contribution is -2.57. The maximum Gasteiger partial charge on any atom is 0.270 e. The number of hydrogen-bond donors (Lipinski definition) is 2. The van der Waals surface area contributed by atoms with E-state index < -0.39 is 0 Å². The van der Waals surface area contributed by atoms with Crippen LogP contribution in [0.4, 0.5) is 0 Å². The van der Waals surface area contributed by atoms with Gasteiger partial charge in [0.2, 0.25) is 0 Å². The molecule has 4 aromatic heterocycles. The molecule has 0 aliphatic carbocycles. The van der Waals surface area contributed by atoms with Gasteiger partial charge in [-0.15, -0.1) is 23.1 Å². The predicted molar refractivity (Wildman–Crippen MR) is 166 cm³/mol. The largest absolute Gasteiger partial charge is 0.461 e. The number of aromatic nitrogens is 2. The number of amides is 2. The SMILES string of the molecule is CSc1nc(C(=O)N[C@@H]2CN3CCC2CC3)cc2ccoc12.O=C(N[C@@H]1CN2CCC1CC2)c1cc2cccnc2s1. The van der Waals surface area contributed by atoms with Crippen molar-refractivity contribution in [2.75, 3.05) is 45.5 Å². The molecule has 0 aromatic carbocycles. The molecular formula is C31H36N6O3S2. The molecule has 2 amide bonds. The Balaban J connectivity index is 0.000000138. The van der Waals surface area contributed by atoms with E-state index in [0.29, 0.717) is 23.6 Å². The van der Waals surface area contributed by atoms with E-state index in [1.165, 1.54) is 75.0 Å². The third kappa shape index (κ3) is 5.67. The first kappa shape index (κ1) is 27.8. The molecule has 42 heavy (non-hydrogen) atoms. The van der Waals surface area contributed by atoms with Crippen LogP contribution in [0.15, 0.2) is 52.2 Å². The quantitative estimate of drug-likeness (QED) is 0.321. The van der Waals surface area contributed by atoms with Crippen LogP contribution in [-0.2, 0) is 0 Å².